The predicted octanol–water partition coefficient (Wildman–Crippen LogP) is 7.17. The lowest BCUT2D eigenvalue weighted by molar-refractivity contribution is -0.461. The summed E-state index contributed by atoms with van der Waals surface area (Å²) in [7, 11) is 1.51. The van der Waals surface area contributed by atoms with E-state index < -0.39 is 91.0 Å². The quantitative estimate of drug-likeness (QED) is 0.0547. The molecule has 0 aromatic heterocycles. The number of methoxy groups -OCH3 is 1. The van der Waals surface area contributed by atoms with Crippen molar-refractivity contribution >= 4 is 17.9 Å². The normalized spacial score (nSPS) is 14.0. The van der Waals surface area contributed by atoms with E-state index >= 15 is 0 Å². The Morgan fingerprint density at radius 1 is 0.581 bits per heavy atom. The molecule has 0 unspecified atom stereocenters. The number of unbranched alkanes of at least 4 members (excludes halogenated alkanes) is 1. The number of ether oxygens (including phenoxy) is 5. The van der Waals surface area contributed by atoms with Crippen LogP contribution in [-0.2, 0) is 39.9 Å². The Morgan fingerprint density at radius 3 is 1.60 bits per heavy atom. The zero-order valence-electron chi connectivity index (χ0n) is 32.3. The van der Waals surface area contributed by atoms with Crippen LogP contribution in [0.25, 0.3) is 0 Å². The predicted molar refractivity (Wildman–Crippen MR) is 178 cm³/mol. The molecule has 360 valence electrons. The highest BCUT2D eigenvalue weighted by Gasteiger charge is 2.95. The summed E-state index contributed by atoms with van der Waals surface area (Å²) in [5, 5.41) is 6.37. The Labute approximate surface area is 341 Å². The molecule has 1 atom stereocenters. The molecule has 0 heterocycles. The molecule has 11 nitrogen and oxygen atoms in total. The molecule has 1 aromatic rings. The highest BCUT2D eigenvalue weighted by Crippen LogP contribution is 2.64. The van der Waals surface area contributed by atoms with E-state index in [1.807, 2.05) is 0 Å². The van der Waals surface area contributed by atoms with Crippen molar-refractivity contribution in [2.75, 3.05) is 66.4 Å². The smallest absolute Gasteiger partial charge is 0.445 e. The first-order chi connectivity index (χ1) is 28.5. The van der Waals surface area contributed by atoms with Crippen LogP contribution in [0.15, 0.2) is 30.3 Å². The SMILES string of the molecule is COCCOCCOCCOCC(=O)NCCCC[C@H](NC(=O)OCc1ccccc1)C(=O)NCCCC(F)(F)C(F)(F)C(F)(F)C(F)(F)C(F)(F)C(F)(F)C(F)(F)C(F)(F)F. The maximum Gasteiger partial charge on any atom is 0.460 e. The fourth-order valence-electron chi connectivity index (χ4n) is 4.67. The molecule has 0 radical (unpaired) electrons. The molecular formula is C34H42F17N3O8. The van der Waals surface area contributed by atoms with Gasteiger partial charge in [0.2, 0.25) is 11.8 Å². The molecule has 0 saturated carbocycles. The van der Waals surface area contributed by atoms with Crippen LogP contribution < -0.4 is 16.0 Å². The summed E-state index contributed by atoms with van der Waals surface area (Å²) in [6.45, 7) is -0.457. The van der Waals surface area contributed by atoms with Crippen molar-refractivity contribution < 1.29 is 113 Å². The van der Waals surface area contributed by atoms with Gasteiger partial charge in [-0.3, -0.25) is 9.59 Å². The standard InChI is InChI=1S/C34H42F17N3O8/c1-58-14-15-59-16-17-60-18-19-61-21-24(55)52-12-6-5-10-23(54-26(57)62-20-22-8-3-2-4-9-22)25(56)53-13-7-11-27(35,36)28(37,38)29(39,40)30(41,42)31(43,44)32(45,46)33(47,48)34(49,50)51/h2-4,8-9,23H,5-7,10-21H2,1H3,(H,52,55)(H,53,56)(H,54,57)/t23-/m0/s1. The second kappa shape index (κ2) is 23.7. The third-order valence-electron chi connectivity index (χ3n) is 8.23. The van der Waals surface area contributed by atoms with E-state index in [1.54, 1.807) is 23.5 Å². The summed E-state index contributed by atoms with van der Waals surface area (Å²) in [4.78, 5) is 37.2. The van der Waals surface area contributed by atoms with Gasteiger partial charge in [0, 0.05) is 26.6 Å². The molecule has 1 rings (SSSR count). The van der Waals surface area contributed by atoms with Crippen LogP contribution in [0.2, 0.25) is 0 Å². The molecule has 0 aliphatic heterocycles. The average Bonchev–Trinajstić information content (AvgIpc) is 3.18. The topological polar surface area (TPSA) is 133 Å². The highest BCUT2D eigenvalue weighted by atomic mass is 19.4. The Hall–Kier alpha value is -3.92. The number of benzene rings is 1. The summed E-state index contributed by atoms with van der Waals surface area (Å²) >= 11 is 0. The Kier molecular flexibility index (Phi) is 21.4. The number of halogens is 17. The molecule has 0 bridgehead atoms. The summed E-state index contributed by atoms with van der Waals surface area (Å²) < 4.78 is 256. The largest absolute Gasteiger partial charge is 0.460 e. The molecule has 0 aliphatic carbocycles. The van der Waals surface area contributed by atoms with Crippen molar-refractivity contribution in [1.29, 1.82) is 0 Å². The van der Waals surface area contributed by atoms with Crippen LogP contribution in [0.4, 0.5) is 79.4 Å². The van der Waals surface area contributed by atoms with E-state index in [4.69, 9.17) is 23.7 Å². The van der Waals surface area contributed by atoms with Gasteiger partial charge in [-0.05, 0) is 31.2 Å². The van der Waals surface area contributed by atoms with E-state index in [0.717, 1.165) is 0 Å². The van der Waals surface area contributed by atoms with Crippen LogP contribution in [0.3, 0.4) is 0 Å². The number of carbonyl (C=O) groups is 3. The number of rotatable bonds is 30. The first-order valence-electron chi connectivity index (χ1n) is 17.9. The van der Waals surface area contributed by atoms with Gasteiger partial charge >= 0.3 is 53.7 Å². The van der Waals surface area contributed by atoms with Gasteiger partial charge in [0.25, 0.3) is 0 Å². The van der Waals surface area contributed by atoms with Gasteiger partial charge < -0.3 is 39.6 Å². The molecule has 0 saturated heterocycles. The van der Waals surface area contributed by atoms with Crippen LogP contribution in [0.1, 0.15) is 37.7 Å². The minimum Gasteiger partial charge on any atom is -0.445 e. The lowest BCUT2D eigenvalue weighted by Gasteiger charge is -2.42. The molecule has 3 N–H and O–H groups in total. The monoisotopic (exact) mass is 943 g/mol. The van der Waals surface area contributed by atoms with Crippen molar-refractivity contribution in [3.63, 3.8) is 0 Å². The lowest BCUT2D eigenvalue weighted by Crippen LogP contribution is -2.74. The third kappa shape index (κ3) is 14.6. The van der Waals surface area contributed by atoms with Crippen LogP contribution in [0.5, 0.6) is 0 Å². The number of carbonyl (C=O) groups excluding carboxylic acids is 3. The van der Waals surface area contributed by atoms with Gasteiger partial charge in [-0.25, -0.2) is 4.79 Å². The van der Waals surface area contributed by atoms with E-state index in [-0.39, 0.29) is 58.8 Å². The van der Waals surface area contributed by atoms with Crippen molar-refractivity contribution in [2.45, 2.75) is 92.4 Å². The maximum atomic E-state index is 14.3. The molecule has 0 fully saturated rings. The fraction of sp³-hybridized carbons (Fsp3) is 0.735. The zero-order valence-corrected chi connectivity index (χ0v) is 32.3. The molecule has 28 heteroatoms. The van der Waals surface area contributed by atoms with E-state index in [9.17, 15) is 89.0 Å². The summed E-state index contributed by atoms with van der Waals surface area (Å²) in [6, 6.07) is 6.23. The summed E-state index contributed by atoms with van der Waals surface area (Å²) in [5.41, 5.74) is 0.469. The van der Waals surface area contributed by atoms with E-state index in [0.29, 0.717) is 25.4 Å². The second-order valence-corrected chi connectivity index (χ2v) is 12.9. The van der Waals surface area contributed by atoms with E-state index in [2.05, 4.69) is 10.6 Å². The van der Waals surface area contributed by atoms with Crippen molar-refractivity contribution in [3.05, 3.63) is 35.9 Å². The van der Waals surface area contributed by atoms with Crippen LogP contribution in [-0.4, -0.2) is 138 Å². The second-order valence-electron chi connectivity index (χ2n) is 12.9. The Morgan fingerprint density at radius 2 is 1.06 bits per heavy atom. The van der Waals surface area contributed by atoms with Gasteiger partial charge in [-0.15, -0.1) is 0 Å². The van der Waals surface area contributed by atoms with Crippen molar-refractivity contribution in [2.24, 2.45) is 0 Å². The number of hydrogen-bond acceptors (Lipinski definition) is 8. The first-order valence-corrected chi connectivity index (χ1v) is 17.9. The number of nitrogens with one attached hydrogen (secondary N) is 3. The molecular weight excluding hydrogens is 901 g/mol. The average molecular weight is 944 g/mol. The minimum atomic E-state index is -8.74. The van der Waals surface area contributed by atoms with E-state index in [1.165, 1.54) is 19.2 Å². The number of amides is 3. The number of alkyl carbamates (subject to hydrolysis) is 1. The molecule has 62 heavy (non-hydrogen) atoms. The highest BCUT2D eigenvalue weighted by molar-refractivity contribution is 5.85. The first kappa shape index (κ1) is 56.1. The Balaban J connectivity index is 2.87. The van der Waals surface area contributed by atoms with Gasteiger partial charge in [-0.1, -0.05) is 30.3 Å². The molecule has 3 amide bonds. The minimum absolute atomic E-state index is 0.00461. The van der Waals surface area contributed by atoms with Gasteiger partial charge in [0.1, 0.15) is 19.3 Å². The molecule has 0 spiro atoms. The number of alkyl halides is 17. The van der Waals surface area contributed by atoms with Gasteiger partial charge in [0.05, 0.1) is 39.6 Å². The van der Waals surface area contributed by atoms with Crippen LogP contribution in [0, 0.1) is 0 Å². The fourth-order valence-corrected chi connectivity index (χ4v) is 4.67. The Bertz CT molecular complexity index is 1520. The third-order valence-corrected chi connectivity index (χ3v) is 8.23. The van der Waals surface area contributed by atoms with Crippen molar-refractivity contribution in [3.8, 4) is 0 Å². The van der Waals surface area contributed by atoms with Gasteiger partial charge in [-0.2, -0.15) is 74.6 Å². The molecule has 0 aliphatic rings. The zero-order chi connectivity index (χ0) is 47.7. The van der Waals surface area contributed by atoms with Crippen molar-refractivity contribution in [1.82, 2.24) is 16.0 Å². The summed E-state index contributed by atoms with van der Waals surface area (Å²) in [6.07, 6.45) is -13.7. The lowest BCUT2D eigenvalue weighted by atomic mass is 9.88. The van der Waals surface area contributed by atoms with Gasteiger partial charge in [0.15, 0.2) is 0 Å². The summed E-state index contributed by atoms with van der Waals surface area (Å²) in [5.74, 6) is -59.1. The molecule has 1 aromatic carbocycles. The van der Waals surface area contributed by atoms with Crippen LogP contribution >= 0.6 is 0 Å². The number of hydrogen-bond donors (Lipinski definition) is 3. The maximum absolute atomic E-state index is 14.3.